The summed E-state index contributed by atoms with van der Waals surface area (Å²) >= 11 is 0.250. The second kappa shape index (κ2) is 24.3. The number of ketones is 1. The van der Waals surface area contributed by atoms with Crippen LogP contribution in [0.2, 0.25) is 0 Å². The van der Waals surface area contributed by atoms with Crippen LogP contribution in [0.1, 0.15) is 86.1 Å². The van der Waals surface area contributed by atoms with Crippen molar-refractivity contribution in [1.82, 2.24) is 30.1 Å². The molecule has 4 heterocycles. The largest absolute Gasteiger partial charge is 0.455 e. The lowest BCUT2D eigenvalue weighted by atomic mass is 9.78. The van der Waals surface area contributed by atoms with E-state index in [0.717, 1.165) is 18.1 Å². The molecule has 6 rings (SSSR count). The monoisotopic (exact) mass is 988 g/mol. The van der Waals surface area contributed by atoms with Gasteiger partial charge in [0.2, 0.25) is 0 Å². The molecule has 0 spiro atoms. The molecule has 16 nitrogen and oxygen atoms in total. The third-order valence-corrected chi connectivity index (χ3v) is 14.0. The standard InChI is InChI=1S/C49H72FN7O9.CH3FS/c1-11-39-49(7)41(57(46(61)66-49)23-16-15-22-56-29-37(53-54-56)34-20-17-21-35(51)26-34)36(25-33-18-13-12-14-19-33)52-28-30(2)27-47(5,62-10)43(32(4)42(59)48(6,50)45(60)64-39)65-44-40(58)38(55(8)9)24-31(3)63-44;1-3-2/h12-14,17-21,26,29-32,36,38-41,43-44,52,58H,11,15-16,22-25,27-28,51H2,1-10H3;1H3/t30-,31-,32+,36-,38?,39-,40?,41-,43-,44+,47-,48+,49-;/m1./s1. The minimum Gasteiger partial charge on any atom is -0.455 e. The number of Topliss-reactive ketones (excluding diaryl/α,β-unsaturated/α-hetero) is 1. The van der Waals surface area contributed by atoms with E-state index in [4.69, 9.17) is 29.4 Å². The number of halogens is 2. The van der Waals surface area contributed by atoms with Gasteiger partial charge in [0.15, 0.2) is 17.7 Å². The summed E-state index contributed by atoms with van der Waals surface area (Å²) in [6, 6.07) is 15.8. The number of ether oxygens (including phenoxy) is 5. The van der Waals surface area contributed by atoms with Crippen LogP contribution >= 0.6 is 12.1 Å². The van der Waals surface area contributed by atoms with E-state index >= 15 is 4.39 Å². The van der Waals surface area contributed by atoms with Crippen LogP contribution in [0.3, 0.4) is 0 Å². The first-order valence-electron chi connectivity index (χ1n) is 24.0. The number of aliphatic hydroxyl groups excluding tert-OH is 1. The van der Waals surface area contributed by atoms with E-state index in [1.807, 2.05) is 93.6 Å². The highest BCUT2D eigenvalue weighted by Gasteiger charge is 2.61. The van der Waals surface area contributed by atoms with Gasteiger partial charge in [-0.05, 0) is 110 Å². The van der Waals surface area contributed by atoms with Crippen LogP contribution in [0.4, 0.5) is 18.8 Å². The molecule has 0 bridgehead atoms. The van der Waals surface area contributed by atoms with E-state index in [0.29, 0.717) is 63.1 Å². The van der Waals surface area contributed by atoms with Crippen LogP contribution in [0.25, 0.3) is 11.3 Å². The maximum Gasteiger partial charge on any atom is 0.410 e. The van der Waals surface area contributed by atoms with E-state index in [1.165, 1.54) is 20.3 Å². The van der Waals surface area contributed by atoms with Gasteiger partial charge in [0.25, 0.3) is 5.67 Å². The number of benzene rings is 2. The molecule has 2 aromatic carbocycles. The lowest BCUT2D eigenvalue weighted by Gasteiger charge is -2.47. The molecule has 3 aromatic rings. The number of aliphatic hydroxyl groups is 1. The van der Waals surface area contributed by atoms with Gasteiger partial charge < -0.3 is 44.7 Å². The molecule has 2 unspecified atom stereocenters. The molecule has 0 aliphatic carbocycles. The number of rotatable bonds is 13. The maximum atomic E-state index is 17.3. The number of cyclic esters (lactones) is 1. The van der Waals surface area contributed by atoms with Gasteiger partial charge in [-0.3, -0.25) is 14.4 Å². The number of hydrogen-bond acceptors (Lipinski definition) is 15. The van der Waals surface area contributed by atoms with Gasteiger partial charge in [-0.1, -0.05) is 68.4 Å². The summed E-state index contributed by atoms with van der Waals surface area (Å²) in [6.07, 6.45) is 0.361. The van der Waals surface area contributed by atoms with E-state index in [-0.39, 0.29) is 36.6 Å². The second-order valence-corrected chi connectivity index (χ2v) is 20.0. The summed E-state index contributed by atoms with van der Waals surface area (Å²) in [4.78, 5) is 46.6. The maximum absolute atomic E-state index is 17.3. The molecule has 3 saturated heterocycles. The van der Waals surface area contributed by atoms with Crippen LogP contribution in [0.5, 0.6) is 0 Å². The average molecular weight is 988 g/mol. The van der Waals surface area contributed by atoms with Crippen LogP contribution in [-0.2, 0) is 46.2 Å². The van der Waals surface area contributed by atoms with Crippen LogP contribution in [-0.4, -0.2) is 154 Å². The van der Waals surface area contributed by atoms with Crippen molar-refractivity contribution in [2.75, 3.05) is 46.3 Å². The number of fused-ring (bicyclic) bond motifs is 1. The molecule has 0 saturated carbocycles. The number of nitrogens with two attached hydrogens (primary N) is 1. The van der Waals surface area contributed by atoms with Crippen molar-refractivity contribution in [3.05, 3.63) is 66.4 Å². The number of methoxy groups -OCH3 is 1. The Morgan fingerprint density at radius 2 is 1.72 bits per heavy atom. The summed E-state index contributed by atoms with van der Waals surface area (Å²) in [5, 5.41) is 24.0. The Labute approximate surface area is 410 Å². The Balaban J connectivity index is 0.00000288. The molecule has 1 aromatic heterocycles. The second-order valence-electron chi connectivity index (χ2n) is 19.7. The van der Waals surface area contributed by atoms with Crippen molar-refractivity contribution < 1.29 is 51.5 Å². The summed E-state index contributed by atoms with van der Waals surface area (Å²) in [5.74, 6) is -3.94. The van der Waals surface area contributed by atoms with E-state index in [2.05, 4.69) is 15.6 Å². The highest BCUT2D eigenvalue weighted by Crippen LogP contribution is 2.41. The summed E-state index contributed by atoms with van der Waals surface area (Å²) < 4.78 is 60.7. The fourth-order valence-corrected chi connectivity index (χ4v) is 10.3. The first kappa shape index (κ1) is 55.7. The third-order valence-electron chi connectivity index (χ3n) is 14.0. The molecule has 1 amide bonds. The number of carbonyl (C=O) groups is 3. The number of esters is 1. The fourth-order valence-electron chi connectivity index (χ4n) is 10.3. The van der Waals surface area contributed by atoms with Gasteiger partial charge in [0.05, 0.1) is 30.0 Å². The zero-order valence-corrected chi connectivity index (χ0v) is 42.9. The highest BCUT2D eigenvalue weighted by molar-refractivity contribution is 7.93. The molecule has 3 aliphatic heterocycles. The predicted octanol–water partition coefficient (Wildman–Crippen LogP) is 6.83. The van der Waals surface area contributed by atoms with Crippen molar-refractivity contribution >= 4 is 35.7 Å². The quantitative estimate of drug-likeness (QED) is 0.0698. The third kappa shape index (κ3) is 13.2. The number of anilines is 1. The number of amides is 1. The van der Waals surface area contributed by atoms with Gasteiger partial charge >= 0.3 is 12.1 Å². The zero-order valence-electron chi connectivity index (χ0n) is 42.1. The van der Waals surface area contributed by atoms with Crippen LogP contribution < -0.4 is 11.1 Å². The zero-order chi connectivity index (χ0) is 50.8. The van der Waals surface area contributed by atoms with Crippen molar-refractivity contribution in [2.24, 2.45) is 11.8 Å². The number of alkyl halides is 1. The number of aromatic nitrogens is 3. The van der Waals surface area contributed by atoms with Crippen LogP contribution in [0, 0.1) is 11.8 Å². The molecule has 13 atom stereocenters. The Morgan fingerprint density at radius 1 is 1.04 bits per heavy atom. The van der Waals surface area contributed by atoms with Gasteiger partial charge in [-0.25, -0.2) is 14.0 Å². The molecule has 3 fully saturated rings. The number of hydrogen-bond donors (Lipinski definition) is 3. The van der Waals surface area contributed by atoms with E-state index < -0.39 is 77.3 Å². The molecule has 0 radical (unpaired) electrons. The highest BCUT2D eigenvalue weighted by atomic mass is 32.2. The van der Waals surface area contributed by atoms with Gasteiger partial charge in [0, 0.05) is 67.9 Å². The topological polar surface area (TPSA) is 193 Å². The number of nitrogen functional groups attached to an aromatic ring is 1. The molecule has 69 heavy (non-hydrogen) atoms. The molecule has 19 heteroatoms. The normalized spacial score (nSPS) is 33.7. The van der Waals surface area contributed by atoms with E-state index in [1.54, 1.807) is 30.4 Å². The Kier molecular flexibility index (Phi) is 19.6. The lowest BCUT2D eigenvalue weighted by Crippen LogP contribution is -2.62. The van der Waals surface area contributed by atoms with Gasteiger partial charge in [-0.2, -0.15) is 3.89 Å². The Morgan fingerprint density at radius 3 is 2.36 bits per heavy atom. The minimum atomic E-state index is -3.16. The minimum absolute atomic E-state index is 0.144. The number of aryl methyl sites for hydroxylation is 1. The van der Waals surface area contributed by atoms with Gasteiger partial charge in [-0.15, -0.1) is 5.10 Å². The fraction of sp³-hybridized carbons (Fsp3) is 0.660. The molecular formula is C50H75F2N7O9S. The van der Waals surface area contributed by atoms with Crippen molar-refractivity contribution in [3.8, 4) is 11.3 Å². The average Bonchev–Trinajstić information content (AvgIpc) is 3.89. The number of nitrogens with zero attached hydrogens (tertiary/aromatic N) is 5. The number of carbonyl (C=O) groups excluding carboxylic acids is 3. The Hall–Kier alpha value is -4.24. The molecule has 384 valence electrons. The summed E-state index contributed by atoms with van der Waals surface area (Å²) in [5.41, 5.74) is 3.26. The number of unbranched alkanes of at least 4 members (excludes halogenated alkanes) is 1. The van der Waals surface area contributed by atoms with Crippen molar-refractivity contribution in [1.29, 1.82) is 0 Å². The summed E-state index contributed by atoms with van der Waals surface area (Å²) in [7, 11) is 5.22. The number of nitrogens with one attached hydrogen (secondary N) is 1. The van der Waals surface area contributed by atoms with Gasteiger partial charge in [0.1, 0.15) is 17.9 Å². The first-order valence-corrected chi connectivity index (χ1v) is 25.1. The molecule has 3 aliphatic rings. The molecule has 4 N–H and O–H groups in total. The summed E-state index contributed by atoms with van der Waals surface area (Å²) in [6.45, 7) is 12.9. The SMILES string of the molecule is CC[C@H]1OC(=O)[C@@](C)(F)C(=O)[C@H](C)[C@@H](O[C@@H]2O[C@H](C)CC(N(C)C)C2O)[C@](C)(OC)C[C@@H](C)CN[C@H](Cc2ccccc2)[C@H]2N(CCCCn3cc(-c4cccc(N)c4)nn3)C(=O)O[C@]12C.CSF. The van der Waals surface area contributed by atoms with E-state index in [9.17, 15) is 23.4 Å². The predicted molar refractivity (Wildman–Crippen MR) is 261 cm³/mol. The van der Waals surface area contributed by atoms with Crippen LogP contribution in [0.15, 0.2) is 60.8 Å². The lowest BCUT2D eigenvalue weighted by molar-refractivity contribution is -0.295. The van der Waals surface area contributed by atoms with Crippen molar-refractivity contribution in [3.63, 3.8) is 0 Å². The number of likely N-dealkylation sites (N-methyl/N-ethyl adjacent to an activating group) is 1. The molecular weight excluding hydrogens is 913 g/mol. The van der Waals surface area contributed by atoms with Crippen molar-refractivity contribution in [2.45, 2.75) is 159 Å². The first-order chi connectivity index (χ1) is 32.6. The Bertz CT molecular complexity index is 2140. The smallest absolute Gasteiger partial charge is 0.410 e.